The van der Waals surface area contributed by atoms with Crippen LogP contribution in [0.3, 0.4) is 0 Å². The van der Waals surface area contributed by atoms with Crippen molar-refractivity contribution in [3.8, 4) is 0 Å². The summed E-state index contributed by atoms with van der Waals surface area (Å²) in [5.41, 5.74) is 3.57. The fourth-order valence-corrected chi connectivity index (χ4v) is 3.35. The lowest BCUT2D eigenvalue weighted by atomic mass is 9.74. The predicted molar refractivity (Wildman–Crippen MR) is 112 cm³/mol. The van der Waals surface area contributed by atoms with Gasteiger partial charge >= 0.3 is 0 Å². The lowest BCUT2D eigenvalue weighted by Gasteiger charge is -2.31. The molecule has 0 saturated carbocycles. The van der Waals surface area contributed by atoms with Crippen LogP contribution in [-0.4, -0.2) is 0 Å². The Kier molecular flexibility index (Phi) is 12.7. The molecular formula is C24H42. The highest BCUT2D eigenvalue weighted by atomic mass is 14.3. The van der Waals surface area contributed by atoms with Crippen LogP contribution in [0.5, 0.6) is 0 Å². The maximum absolute atomic E-state index is 4.00. The second-order valence-electron chi connectivity index (χ2n) is 7.68. The van der Waals surface area contributed by atoms with Gasteiger partial charge in [-0.1, -0.05) is 95.9 Å². The average Bonchev–Trinajstić information content (AvgIpc) is 2.54. The van der Waals surface area contributed by atoms with Gasteiger partial charge in [0.15, 0.2) is 0 Å². The molecular weight excluding hydrogens is 288 g/mol. The molecule has 0 heteroatoms. The molecule has 0 aliphatic carbocycles. The molecule has 0 N–H and O–H groups in total. The first kappa shape index (κ1) is 23.0. The van der Waals surface area contributed by atoms with Gasteiger partial charge < -0.3 is 0 Å². The molecule has 0 aliphatic rings. The lowest BCUT2D eigenvalue weighted by molar-refractivity contribution is 0.388. The largest absolute Gasteiger partial charge is 0.103 e. The van der Waals surface area contributed by atoms with Crippen LogP contribution in [-0.2, 0) is 0 Å². The van der Waals surface area contributed by atoms with Gasteiger partial charge in [-0.25, -0.2) is 0 Å². The molecule has 1 unspecified atom stereocenters. The highest BCUT2D eigenvalue weighted by Crippen LogP contribution is 2.39. The van der Waals surface area contributed by atoms with Gasteiger partial charge in [0.25, 0.3) is 0 Å². The second-order valence-corrected chi connectivity index (χ2v) is 7.68. The number of hydrogen-bond donors (Lipinski definition) is 0. The zero-order valence-electron chi connectivity index (χ0n) is 17.3. The Morgan fingerprint density at radius 1 is 0.958 bits per heavy atom. The molecule has 0 aromatic rings. The molecule has 0 amide bonds. The summed E-state index contributed by atoms with van der Waals surface area (Å²) >= 11 is 0. The summed E-state index contributed by atoms with van der Waals surface area (Å²) in [4.78, 5) is 0. The minimum Gasteiger partial charge on any atom is -0.103 e. The van der Waals surface area contributed by atoms with Crippen molar-refractivity contribution in [1.82, 2.24) is 0 Å². The smallest absolute Gasteiger partial charge is 0.0131 e. The molecule has 24 heavy (non-hydrogen) atoms. The van der Waals surface area contributed by atoms with Crippen LogP contribution in [0.2, 0.25) is 0 Å². The van der Waals surface area contributed by atoms with Gasteiger partial charge in [0.05, 0.1) is 0 Å². The van der Waals surface area contributed by atoms with E-state index in [1.165, 1.54) is 25.7 Å². The Balaban J connectivity index is 5.68. The topological polar surface area (TPSA) is 0 Å². The molecule has 1 atom stereocenters. The molecule has 0 bridgehead atoms. The van der Waals surface area contributed by atoms with Crippen molar-refractivity contribution in [2.45, 2.75) is 92.9 Å². The van der Waals surface area contributed by atoms with E-state index in [0.717, 1.165) is 25.7 Å². The lowest BCUT2D eigenvalue weighted by Crippen LogP contribution is -2.17. The molecule has 0 aromatic carbocycles. The van der Waals surface area contributed by atoms with Crippen LogP contribution >= 0.6 is 0 Å². The third-order valence-corrected chi connectivity index (χ3v) is 4.80. The molecule has 0 radical (unpaired) electrons. The van der Waals surface area contributed by atoms with E-state index in [4.69, 9.17) is 0 Å². The van der Waals surface area contributed by atoms with Crippen LogP contribution in [0.1, 0.15) is 92.9 Å². The van der Waals surface area contributed by atoms with Crippen molar-refractivity contribution >= 4 is 0 Å². The first-order valence-electron chi connectivity index (χ1n) is 10.1. The van der Waals surface area contributed by atoms with Crippen molar-refractivity contribution in [1.29, 1.82) is 0 Å². The highest BCUT2D eigenvalue weighted by molar-refractivity contribution is 5.26. The van der Waals surface area contributed by atoms with Crippen molar-refractivity contribution < 1.29 is 0 Å². The highest BCUT2D eigenvalue weighted by Gasteiger charge is 2.24. The van der Waals surface area contributed by atoms with Crippen molar-refractivity contribution in [2.24, 2.45) is 11.3 Å². The fourth-order valence-electron chi connectivity index (χ4n) is 3.35. The van der Waals surface area contributed by atoms with Crippen LogP contribution in [0, 0.1) is 11.3 Å². The summed E-state index contributed by atoms with van der Waals surface area (Å²) in [5.74, 6) is 0.544. The van der Waals surface area contributed by atoms with Crippen molar-refractivity contribution in [2.75, 3.05) is 0 Å². The molecule has 0 saturated heterocycles. The maximum atomic E-state index is 4.00. The molecule has 0 aliphatic heterocycles. The van der Waals surface area contributed by atoms with Gasteiger partial charge in [0.2, 0.25) is 0 Å². The Bertz CT molecular complexity index is 417. The van der Waals surface area contributed by atoms with Gasteiger partial charge in [0.1, 0.15) is 0 Å². The Hall–Kier alpha value is -1.04. The Labute approximate surface area is 152 Å². The summed E-state index contributed by atoms with van der Waals surface area (Å²) in [7, 11) is 0. The monoisotopic (exact) mass is 330 g/mol. The molecule has 0 nitrogen and oxygen atoms in total. The van der Waals surface area contributed by atoms with E-state index >= 15 is 0 Å². The van der Waals surface area contributed by atoms with Gasteiger partial charge in [-0.3, -0.25) is 0 Å². The van der Waals surface area contributed by atoms with E-state index < -0.39 is 0 Å². The summed E-state index contributed by atoms with van der Waals surface area (Å²) in [6.07, 6.45) is 20.9. The summed E-state index contributed by atoms with van der Waals surface area (Å²) in [5, 5.41) is 0. The van der Waals surface area contributed by atoms with Crippen LogP contribution < -0.4 is 0 Å². The number of hydrogen-bond acceptors (Lipinski definition) is 0. The van der Waals surface area contributed by atoms with E-state index in [1.807, 2.05) is 0 Å². The van der Waals surface area contributed by atoms with E-state index in [2.05, 4.69) is 78.5 Å². The number of allylic oxidation sites excluding steroid dienone is 7. The Morgan fingerprint density at radius 2 is 1.62 bits per heavy atom. The van der Waals surface area contributed by atoms with E-state index in [0.29, 0.717) is 5.92 Å². The van der Waals surface area contributed by atoms with E-state index in [-0.39, 0.29) is 5.41 Å². The van der Waals surface area contributed by atoms with Crippen molar-refractivity contribution in [3.63, 3.8) is 0 Å². The first-order chi connectivity index (χ1) is 11.4. The summed E-state index contributed by atoms with van der Waals surface area (Å²) in [6.45, 7) is 17.9. The number of unbranched alkanes of at least 4 members (excludes halogenated alkanes) is 1. The van der Waals surface area contributed by atoms with Crippen LogP contribution in [0.4, 0.5) is 0 Å². The average molecular weight is 331 g/mol. The maximum Gasteiger partial charge on any atom is -0.0131 e. The second kappa shape index (κ2) is 13.3. The molecule has 0 fully saturated rings. The third kappa shape index (κ3) is 9.30. The zero-order valence-corrected chi connectivity index (χ0v) is 17.3. The van der Waals surface area contributed by atoms with Gasteiger partial charge in [-0.15, -0.1) is 6.58 Å². The normalized spacial score (nSPS) is 15.1. The van der Waals surface area contributed by atoms with Crippen LogP contribution in [0.25, 0.3) is 0 Å². The standard InChI is InChI=1S/C24H42/c1-8-12-14-16-17-22(20-21(5)11-4)23(18-15-13-9-2)24(6,7)19-10-3/h11,13-16,21H,4,8-10,12,17-20H2,1-3,5-7H3. The molecule has 0 spiro atoms. The van der Waals surface area contributed by atoms with Crippen LogP contribution in [0.15, 0.2) is 48.1 Å². The molecule has 0 heterocycles. The summed E-state index contributed by atoms with van der Waals surface area (Å²) < 4.78 is 0. The number of rotatable bonds is 13. The van der Waals surface area contributed by atoms with E-state index in [1.54, 1.807) is 11.1 Å². The molecule has 0 aromatic heterocycles. The third-order valence-electron chi connectivity index (χ3n) is 4.80. The predicted octanol–water partition coefficient (Wildman–Crippen LogP) is 8.42. The SMILES string of the molecule is C=CC(C)CC(CC=CCCC)=C(CC=CCC)C(C)(C)CCC. The minimum absolute atomic E-state index is 0.279. The molecule has 0 rings (SSSR count). The van der Waals surface area contributed by atoms with Gasteiger partial charge in [-0.2, -0.15) is 0 Å². The van der Waals surface area contributed by atoms with Gasteiger partial charge in [0, 0.05) is 0 Å². The van der Waals surface area contributed by atoms with Crippen molar-refractivity contribution in [3.05, 3.63) is 48.1 Å². The quantitative estimate of drug-likeness (QED) is 0.297. The van der Waals surface area contributed by atoms with Gasteiger partial charge in [-0.05, 0) is 49.9 Å². The molecule has 138 valence electrons. The fraction of sp³-hybridized carbons (Fsp3) is 0.667. The Morgan fingerprint density at radius 3 is 2.17 bits per heavy atom. The zero-order chi connectivity index (χ0) is 18.4. The summed E-state index contributed by atoms with van der Waals surface area (Å²) in [6, 6.07) is 0. The minimum atomic E-state index is 0.279. The first-order valence-corrected chi connectivity index (χ1v) is 10.1. The van der Waals surface area contributed by atoms with E-state index in [9.17, 15) is 0 Å².